The first-order valence-electron chi connectivity index (χ1n) is 7.06. The Balaban J connectivity index is 1.82. The van der Waals surface area contributed by atoms with Gasteiger partial charge in [0.2, 0.25) is 0 Å². The summed E-state index contributed by atoms with van der Waals surface area (Å²) in [4.78, 5) is 29.6. The van der Waals surface area contributed by atoms with Crippen LogP contribution in [0.15, 0.2) is 17.6 Å². The summed E-state index contributed by atoms with van der Waals surface area (Å²) in [6, 6.07) is 1.82. The van der Waals surface area contributed by atoms with E-state index in [2.05, 4.69) is 4.98 Å². The van der Waals surface area contributed by atoms with Gasteiger partial charge in [-0.1, -0.05) is 0 Å². The fraction of sp³-hybridized carbons (Fsp3) is 0.400. The molecule has 3 heterocycles. The number of carbonyl (C=O) groups is 2. The van der Waals surface area contributed by atoms with Crippen molar-refractivity contribution in [1.82, 2.24) is 14.5 Å². The molecule has 2 aromatic heterocycles. The number of likely N-dealkylation sites (tertiary alicyclic amines) is 1. The molecule has 0 aliphatic carbocycles. The molecule has 2 aromatic rings. The second-order valence-electron chi connectivity index (χ2n) is 5.55. The largest absolute Gasteiger partial charge is 0.481 e. The number of aryl methyl sites for hydroxylation is 2. The number of rotatable bonds is 3. The molecule has 6 nitrogen and oxygen atoms in total. The molecule has 0 saturated carbocycles. The average Bonchev–Trinajstić information content (AvgIpc) is 3.16. The van der Waals surface area contributed by atoms with Crippen molar-refractivity contribution in [2.75, 3.05) is 13.1 Å². The molecule has 1 amide bonds. The normalized spacial score (nSPS) is 17.9. The molecule has 1 aliphatic heterocycles. The predicted octanol–water partition coefficient (Wildman–Crippen LogP) is 2.00. The highest BCUT2D eigenvalue weighted by Crippen LogP contribution is 2.25. The molecule has 1 aliphatic rings. The van der Waals surface area contributed by atoms with Crippen molar-refractivity contribution < 1.29 is 14.7 Å². The summed E-state index contributed by atoms with van der Waals surface area (Å²) in [5.41, 5.74) is 2.33. The molecule has 0 bridgehead atoms. The lowest BCUT2D eigenvalue weighted by Gasteiger charge is -2.15. The number of carboxylic acids is 1. The maximum atomic E-state index is 12.6. The van der Waals surface area contributed by atoms with E-state index < -0.39 is 11.9 Å². The van der Waals surface area contributed by atoms with E-state index in [1.165, 1.54) is 0 Å². The molecule has 0 unspecified atom stereocenters. The van der Waals surface area contributed by atoms with Crippen molar-refractivity contribution in [2.45, 2.75) is 13.3 Å². The number of aromatic nitrogens is 2. The molecular formula is C15H17N3O3S. The number of carboxylic acid groups (broad SMARTS) is 1. The van der Waals surface area contributed by atoms with E-state index in [4.69, 9.17) is 5.11 Å². The third-order valence-electron chi connectivity index (χ3n) is 3.96. The maximum Gasteiger partial charge on any atom is 0.308 e. The van der Waals surface area contributed by atoms with Gasteiger partial charge < -0.3 is 14.6 Å². The molecule has 1 atom stereocenters. The van der Waals surface area contributed by atoms with Crippen molar-refractivity contribution in [3.63, 3.8) is 0 Å². The van der Waals surface area contributed by atoms with Crippen LogP contribution in [0.3, 0.4) is 0 Å². The number of nitrogens with zero attached hydrogens (tertiary/aromatic N) is 3. The molecule has 7 heteroatoms. The minimum atomic E-state index is -0.833. The SMILES string of the molecule is Cc1nc(-c2cc(C(=O)N3CC[C@H](C(=O)O)C3)n(C)c2)cs1. The van der Waals surface area contributed by atoms with E-state index in [1.807, 2.05) is 31.6 Å². The number of hydrogen-bond donors (Lipinski definition) is 1. The van der Waals surface area contributed by atoms with E-state index in [1.54, 1.807) is 20.8 Å². The number of thiazole rings is 1. The summed E-state index contributed by atoms with van der Waals surface area (Å²) < 4.78 is 1.78. The van der Waals surface area contributed by atoms with E-state index in [0.717, 1.165) is 16.3 Å². The third kappa shape index (κ3) is 2.64. The third-order valence-corrected chi connectivity index (χ3v) is 4.74. The lowest BCUT2D eigenvalue weighted by Crippen LogP contribution is -2.31. The van der Waals surface area contributed by atoms with Gasteiger partial charge >= 0.3 is 5.97 Å². The molecular weight excluding hydrogens is 302 g/mol. The first-order chi connectivity index (χ1) is 10.5. The van der Waals surface area contributed by atoms with Crippen LogP contribution in [-0.2, 0) is 11.8 Å². The zero-order valence-electron chi connectivity index (χ0n) is 12.4. The Kier molecular flexibility index (Phi) is 3.74. The van der Waals surface area contributed by atoms with Gasteiger partial charge in [-0.15, -0.1) is 11.3 Å². The van der Waals surface area contributed by atoms with Crippen LogP contribution in [0.1, 0.15) is 21.9 Å². The lowest BCUT2D eigenvalue weighted by molar-refractivity contribution is -0.141. The standard InChI is InChI=1S/C15H17N3O3S/c1-9-16-12(8-22-9)11-5-13(17(2)6-11)14(19)18-4-3-10(7-18)15(20)21/h5-6,8,10H,3-4,7H2,1-2H3,(H,20,21)/t10-/m0/s1. The van der Waals surface area contributed by atoms with Crippen molar-refractivity contribution in [1.29, 1.82) is 0 Å². The molecule has 0 radical (unpaired) electrons. The van der Waals surface area contributed by atoms with Crippen LogP contribution in [0.25, 0.3) is 11.3 Å². The molecule has 22 heavy (non-hydrogen) atoms. The van der Waals surface area contributed by atoms with Crippen molar-refractivity contribution in [3.05, 3.63) is 28.3 Å². The Bertz CT molecular complexity index is 734. The molecule has 0 spiro atoms. The summed E-state index contributed by atoms with van der Waals surface area (Å²) in [6.07, 6.45) is 2.40. The van der Waals surface area contributed by atoms with Crippen LogP contribution in [0.2, 0.25) is 0 Å². The maximum absolute atomic E-state index is 12.6. The van der Waals surface area contributed by atoms with Crippen LogP contribution >= 0.6 is 11.3 Å². The summed E-state index contributed by atoms with van der Waals surface area (Å²) in [5, 5.41) is 12.0. The Hall–Kier alpha value is -2.15. The Morgan fingerprint density at radius 3 is 2.82 bits per heavy atom. The first-order valence-corrected chi connectivity index (χ1v) is 7.94. The van der Waals surface area contributed by atoms with Gasteiger partial charge in [0.05, 0.1) is 16.6 Å². The average molecular weight is 319 g/mol. The van der Waals surface area contributed by atoms with Crippen LogP contribution in [0, 0.1) is 12.8 Å². The van der Waals surface area contributed by atoms with E-state index in [-0.39, 0.29) is 12.5 Å². The van der Waals surface area contributed by atoms with Crippen molar-refractivity contribution in [2.24, 2.45) is 13.0 Å². The quantitative estimate of drug-likeness (QED) is 0.939. The van der Waals surface area contributed by atoms with E-state index in [0.29, 0.717) is 18.7 Å². The Labute approximate surface area is 132 Å². The van der Waals surface area contributed by atoms with Gasteiger partial charge in [0.1, 0.15) is 5.69 Å². The van der Waals surface area contributed by atoms with Gasteiger partial charge in [0.25, 0.3) is 5.91 Å². The van der Waals surface area contributed by atoms with Crippen LogP contribution in [0.4, 0.5) is 0 Å². The summed E-state index contributed by atoms with van der Waals surface area (Å²) in [7, 11) is 1.82. The van der Waals surface area contributed by atoms with Crippen molar-refractivity contribution >= 4 is 23.2 Å². The van der Waals surface area contributed by atoms with Crippen LogP contribution < -0.4 is 0 Å². The van der Waals surface area contributed by atoms with Gasteiger partial charge in [-0.25, -0.2) is 4.98 Å². The number of carbonyl (C=O) groups excluding carboxylic acids is 1. The van der Waals surface area contributed by atoms with Gasteiger partial charge in [0.15, 0.2) is 0 Å². The molecule has 0 aromatic carbocycles. The highest BCUT2D eigenvalue weighted by Gasteiger charge is 2.32. The Morgan fingerprint density at radius 1 is 1.45 bits per heavy atom. The molecule has 1 fully saturated rings. The summed E-state index contributed by atoms with van der Waals surface area (Å²) >= 11 is 1.57. The zero-order chi connectivity index (χ0) is 15.9. The minimum absolute atomic E-state index is 0.121. The lowest BCUT2D eigenvalue weighted by atomic mass is 10.1. The second kappa shape index (κ2) is 5.57. The van der Waals surface area contributed by atoms with Crippen LogP contribution in [0.5, 0.6) is 0 Å². The van der Waals surface area contributed by atoms with Gasteiger partial charge in [0, 0.05) is 37.3 Å². The topological polar surface area (TPSA) is 75.4 Å². The highest BCUT2D eigenvalue weighted by atomic mass is 32.1. The molecule has 1 saturated heterocycles. The first kappa shape index (κ1) is 14.8. The molecule has 3 rings (SSSR count). The second-order valence-corrected chi connectivity index (χ2v) is 6.61. The highest BCUT2D eigenvalue weighted by molar-refractivity contribution is 7.09. The predicted molar refractivity (Wildman–Crippen MR) is 82.9 cm³/mol. The Morgan fingerprint density at radius 2 is 2.23 bits per heavy atom. The van der Waals surface area contributed by atoms with Crippen molar-refractivity contribution in [3.8, 4) is 11.3 Å². The molecule has 1 N–H and O–H groups in total. The van der Waals surface area contributed by atoms with Gasteiger partial charge in [-0.05, 0) is 19.4 Å². The fourth-order valence-corrected chi connectivity index (χ4v) is 3.34. The fourth-order valence-electron chi connectivity index (χ4n) is 2.72. The summed E-state index contributed by atoms with van der Waals surface area (Å²) in [6.45, 7) is 2.72. The number of amides is 1. The van der Waals surface area contributed by atoms with E-state index in [9.17, 15) is 9.59 Å². The zero-order valence-corrected chi connectivity index (χ0v) is 13.3. The van der Waals surface area contributed by atoms with Crippen LogP contribution in [-0.4, -0.2) is 44.5 Å². The minimum Gasteiger partial charge on any atom is -0.481 e. The van der Waals surface area contributed by atoms with Gasteiger partial charge in [-0.3, -0.25) is 9.59 Å². The molecule has 116 valence electrons. The smallest absolute Gasteiger partial charge is 0.308 e. The number of hydrogen-bond acceptors (Lipinski definition) is 4. The summed E-state index contributed by atoms with van der Waals surface area (Å²) in [5.74, 6) is -1.41. The van der Waals surface area contributed by atoms with Gasteiger partial charge in [-0.2, -0.15) is 0 Å². The number of aliphatic carboxylic acids is 1. The van der Waals surface area contributed by atoms with E-state index >= 15 is 0 Å². The monoisotopic (exact) mass is 319 g/mol.